The van der Waals surface area contributed by atoms with Gasteiger partial charge in [-0.15, -0.1) is 6.42 Å². The number of rotatable bonds is 4. The van der Waals surface area contributed by atoms with Gasteiger partial charge in [-0.05, 0) is 43.9 Å². The molecule has 0 radical (unpaired) electrons. The number of alkyl halides is 3. The number of nitriles is 1. The Hall–Kier alpha value is -3.85. The molecular formula is C23H18F3N5O. The Balaban J connectivity index is 1.84. The van der Waals surface area contributed by atoms with Crippen molar-refractivity contribution in [2.24, 2.45) is 0 Å². The van der Waals surface area contributed by atoms with Crippen molar-refractivity contribution in [2.45, 2.75) is 44.4 Å². The lowest BCUT2D eigenvalue weighted by Gasteiger charge is -2.21. The van der Waals surface area contributed by atoms with Crippen LogP contribution in [0, 0.1) is 37.5 Å². The van der Waals surface area contributed by atoms with Crippen LogP contribution in [-0.4, -0.2) is 14.5 Å². The highest BCUT2D eigenvalue weighted by Crippen LogP contribution is 2.42. The van der Waals surface area contributed by atoms with Crippen molar-refractivity contribution in [1.29, 1.82) is 5.26 Å². The Morgan fingerprint density at radius 3 is 2.59 bits per heavy atom. The molecule has 0 aliphatic heterocycles. The van der Waals surface area contributed by atoms with Gasteiger partial charge in [0.2, 0.25) is 0 Å². The number of aryl methyl sites for hydroxylation is 1. The quantitative estimate of drug-likeness (QED) is 0.618. The molecule has 32 heavy (non-hydrogen) atoms. The number of benzene rings is 1. The highest BCUT2D eigenvalue weighted by molar-refractivity contribution is 5.88. The molecule has 2 heterocycles. The molecule has 4 rings (SSSR count). The maximum atomic E-state index is 13.4. The summed E-state index contributed by atoms with van der Waals surface area (Å²) >= 11 is 0. The zero-order valence-corrected chi connectivity index (χ0v) is 17.3. The Bertz CT molecular complexity index is 1370. The highest BCUT2D eigenvalue weighted by Gasteiger charge is 2.46. The second kappa shape index (κ2) is 7.38. The third-order valence-electron chi connectivity index (χ3n) is 5.68. The molecule has 1 N–H and O–H groups in total. The summed E-state index contributed by atoms with van der Waals surface area (Å²) in [5.41, 5.74) is -1.36. The summed E-state index contributed by atoms with van der Waals surface area (Å²) in [5.74, 6) is 3.12. The summed E-state index contributed by atoms with van der Waals surface area (Å²) < 4.78 is 41.5. The van der Waals surface area contributed by atoms with E-state index in [-0.39, 0.29) is 22.5 Å². The van der Waals surface area contributed by atoms with Crippen LogP contribution in [0.1, 0.15) is 41.4 Å². The van der Waals surface area contributed by atoms with Gasteiger partial charge in [0.1, 0.15) is 23.2 Å². The molecule has 1 fully saturated rings. The van der Waals surface area contributed by atoms with Gasteiger partial charge >= 0.3 is 6.18 Å². The molecular weight excluding hydrogens is 419 g/mol. The fourth-order valence-electron chi connectivity index (χ4n) is 3.81. The van der Waals surface area contributed by atoms with Gasteiger partial charge in [-0.25, -0.2) is 9.97 Å². The molecule has 1 atom stereocenters. The topological polar surface area (TPSA) is 83.6 Å². The number of halogens is 3. The van der Waals surface area contributed by atoms with E-state index < -0.39 is 23.3 Å². The average Bonchev–Trinajstić information content (AvgIpc) is 3.52. The Morgan fingerprint density at radius 2 is 2.00 bits per heavy atom. The minimum absolute atomic E-state index is 0.0175. The van der Waals surface area contributed by atoms with E-state index >= 15 is 0 Å². The molecule has 3 aromatic rings. The SMILES string of the molecule is C#C[C@@H](Nc1nc(C)nc2cc(=O)n(C3(C#N)CC3)cc12)c1cccc(C(F)(F)F)c1C. The number of anilines is 1. The van der Waals surface area contributed by atoms with Crippen LogP contribution in [-0.2, 0) is 11.7 Å². The van der Waals surface area contributed by atoms with Crippen LogP contribution in [0.15, 0.2) is 35.3 Å². The predicted molar refractivity (Wildman–Crippen MR) is 113 cm³/mol. The van der Waals surface area contributed by atoms with E-state index in [1.807, 2.05) is 0 Å². The zero-order valence-electron chi connectivity index (χ0n) is 17.3. The van der Waals surface area contributed by atoms with E-state index in [2.05, 4.69) is 27.3 Å². The van der Waals surface area contributed by atoms with Crippen molar-refractivity contribution < 1.29 is 13.2 Å². The second-order valence-electron chi connectivity index (χ2n) is 7.80. The average molecular weight is 437 g/mol. The van der Waals surface area contributed by atoms with Gasteiger partial charge in [-0.2, -0.15) is 18.4 Å². The third kappa shape index (κ3) is 3.56. The predicted octanol–water partition coefficient (Wildman–Crippen LogP) is 4.23. The summed E-state index contributed by atoms with van der Waals surface area (Å²) in [4.78, 5) is 21.2. The zero-order chi connectivity index (χ0) is 23.3. The Labute approximate surface area is 181 Å². The maximum Gasteiger partial charge on any atom is 0.416 e. The van der Waals surface area contributed by atoms with Crippen molar-refractivity contribution in [2.75, 3.05) is 5.32 Å². The van der Waals surface area contributed by atoms with Crippen molar-refractivity contribution in [3.8, 4) is 18.4 Å². The van der Waals surface area contributed by atoms with E-state index in [0.29, 0.717) is 29.6 Å². The first-order valence-corrected chi connectivity index (χ1v) is 9.82. The largest absolute Gasteiger partial charge is 0.416 e. The summed E-state index contributed by atoms with van der Waals surface area (Å²) in [6, 6.07) is 6.43. The number of hydrogen-bond acceptors (Lipinski definition) is 5. The normalized spacial score (nSPS) is 15.6. The van der Waals surface area contributed by atoms with Crippen LogP contribution in [0.5, 0.6) is 0 Å². The van der Waals surface area contributed by atoms with Gasteiger partial charge in [0, 0.05) is 12.3 Å². The lowest BCUT2D eigenvalue weighted by molar-refractivity contribution is -0.138. The number of terminal acetylenes is 1. The Morgan fingerprint density at radius 1 is 1.28 bits per heavy atom. The van der Waals surface area contributed by atoms with Crippen LogP contribution in [0.25, 0.3) is 10.9 Å². The number of pyridine rings is 1. The van der Waals surface area contributed by atoms with Crippen molar-refractivity contribution in [1.82, 2.24) is 14.5 Å². The number of aromatic nitrogens is 3. The summed E-state index contributed by atoms with van der Waals surface area (Å²) in [5, 5.41) is 13.0. The van der Waals surface area contributed by atoms with Gasteiger partial charge in [-0.1, -0.05) is 18.1 Å². The van der Waals surface area contributed by atoms with Gasteiger partial charge in [0.05, 0.1) is 22.5 Å². The number of nitrogens with one attached hydrogen (secondary N) is 1. The molecule has 9 heteroatoms. The first-order chi connectivity index (χ1) is 15.1. The first-order valence-electron chi connectivity index (χ1n) is 9.82. The summed E-state index contributed by atoms with van der Waals surface area (Å²) in [6.07, 6.45) is 3.80. The Kier molecular flexibility index (Phi) is 4.93. The van der Waals surface area contributed by atoms with Gasteiger partial charge in [0.25, 0.3) is 5.56 Å². The maximum absolute atomic E-state index is 13.4. The lowest BCUT2D eigenvalue weighted by Crippen LogP contribution is -2.28. The van der Waals surface area contributed by atoms with Crippen molar-refractivity contribution in [3.63, 3.8) is 0 Å². The van der Waals surface area contributed by atoms with Crippen molar-refractivity contribution in [3.05, 3.63) is 63.3 Å². The summed E-state index contributed by atoms with van der Waals surface area (Å²) in [6.45, 7) is 3.00. The van der Waals surface area contributed by atoms with E-state index in [9.17, 15) is 23.2 Å². The van der Waals surface area contributed by atoms with E-state index in [0.717, 1.165) is 6.07 Å². The number of fused-ring (bicyclic) bond motifs is 1. The van der Waals surface area contributed by atoms with Crippen LogP contribution < -0.4 is 10.9 Å². The lowest BCUT2D eigenvalue weighted by atomic mass is 9.96. The fourth-order valence-corrected chi connectivity index (χ4v) is 3.81. The van der Waals surface area contributed by atoms with Crippen LogP contribution in [0.4, 0.5) is 19.0 Å². The van der Waals surface area contributed by atoms with Gasteiger partial charge in [-0.3, -0.25) is 9.36 Å². The molecule has 0 amide bonds. The van der Waals surface area contributed by atoms with Crippen LogP contribution >= 0.6 is 0 Å². The molecule has 6 nitrogen and oxygen atoms in total. The number of hydrogen-bond donors (Lipinski definition) is 1. The van der Waals surface area contributed by atoms with E-state index in [1.165, 1.54) is 35.9 Å². The van der Waals surface area contributed by atoms with E-state index in [1.54, 1.807) is 6.92 Å². The number of nitrogens with zero attached hydrogens (tertiary/aromatic N) is 4. The van der Waals surface area contributed by atoms with Crippen molar-refractivity contribution >= 4 is 16.7 Å². The molecule has 0 saturated heterocycles. The minimum Gasteiger partial charge on any atom is -0.352 e. The molecule has 1 saturated carbocycles. The first kappa shape index (κ1) is 21.4. The second-order valence-corrected chi connectivity index (χ2v) is 7.80. The van der Waals surface area contributed by atoms with Gasteiger partial charge in [0.15, 0.2) is 0 Å². The molecule has 0 spiro atoms. The van der Waals surface area contributed by atoms with Crippen LogP contribution in [0.3, 0.4) is 0 Å². The standard InChI is InChI=1S/C23H18F3N5O/c1-4-18(15-6-5-7-17(13(15)2)23(24,25)26)30-21-16-11-31(22(12-27)8-9-22)20(32)10-19(16)28-14(3)29-21/h1,5-7,10-11,18H,8-9H2,2-3H3,(H,28,29,30)/t18-/m1/s1. The third-order valence-corrected chi connectivity index (χ3v) is 5.68. The van der Waals surface area contributed by atoms with Crippen LogP contribution in [0.2, 0.25) is 0 Å². The highest BCUT2D eigenvalue weighted by atomic mass is 19.4. The molecule has 1 aliphatic rings. The monoisotopic (exact) mass is 437 g/mol. The minimum atomic E-state index is -4.51. The molecule has 162 valence electrons. The molecule has 0 unspecified atom stereocenters. The summed E-state index contributed by atoms with van der Waals surface area (Å²) in [7, 11) is 0. The van der Waals surface area contributed by atoms with Gasteiger partial charge < -0.3 is 5.32 Å². The molecule has 0 bridgehead atoms. The molecule has 1 aliphatic carbocycles. The molecule has 2 aromatic heterocycles. The van der Waals surface area contributed by atoms with E-state index in [4.69, 9.17) is 6.42 Å². The fraction of sp³-hybridized carbons (Fsp3) is 0.304. The molecule has 1 aromatic carbocycles. The smallest absolute Gasteiger partial charge is 0.352 e.